The van der Waals surface area contributed by atoms with Gasteiger partial charge in [-0.3, -0.25) is 4.79 Å². The number of hydrogen-bond acceptors (Lipinski definition) is 6. The van der Waals surface area contributed by atoms with E-state index in [0.29, 0.717) is 16.8 Å². The van der Waals surface area contributed by atoms with Crippen LogP contribution in [0.15, 0.2) is 57.0 Å². The van der Waals surface area contributed by atoms with Crippen LogP contribution in [0.4, 0.5) is 10.1 Å². The second kappa shape index (κ2) is 7.46. The van der Waals surface area contributed by atoms with Crippen LogP contribution in [0, 0.1) is 5.82 Å². The molecule has 0 saturated carbocycles. The van der Waals surface area contributed by atoms with E-state index in [1.54, 1.807) is 13.0 Å². The van der Waals surface area contributed by atoms with Gasteiger partial charge in [0.25, 0.3) is 5.22 Å². The summed E-state index contributed by atoms with van der Waals surface area (Å²) in [6.07, 6.45) is 0. The Kier molecular flexibility index (Phi) is 5.28. The van der Waals surface area contributed by atoms with Gasteiger partial charge in [-0.25, -0.2) is 17.8 Å². The number of anilines is 1. The Morgan fingerprint density at radius 3 is 2.65 bits per heavy atom. The van der Waals surface area contributed by atoms with E-state index in [4.69, 9.17) is 4.42 Å². The Hall–Kier alpha value is -2.39. The van der Waals surface area contributed by atoms with Crippen LogP contribution in [0.1, 0.15) is 6.92 Å². The third kappa shape index (κ3) is 4.23. The normalized spacial score (nSPS) is 11.6. The molecule has 136 valence electrons. The first kappa shape index (κ1) is 18.4. The van der Waals surface area contributed by atoms with Crippen LogP contribution < -0.4 is 5.32 Å². The van der Waals surface area contributed by atoms with Crippen molar-refractivity contribution in [3.8, 4) is 0 Å². The van der Waals surface area contributed by atoms with Crippen molar-refractivity contribution in [3.63, 3.8) is 0 Å². The lowest BCUT2D eigenvalue weighted by molar-refractivity contribution is -0.113. The molecule has 26 heavy (non-hydrogen) atoms. The highest BCUT2D eigenvalue weighted by Crippen LogP contribution is 2.26. The van der Waals surface area contributed by atoms with Crippen molar-refractivity contribution in [2.24, 2.45) is 0 Å². The Balaban J connectivity index is 1.67. The molecule has 0 unspecified atom stereocenters. The van der Waals surface area contributed by atoms with Gasteiger partial charge in [-0.15, -0.1) is 0 Å². The van der Waals surface area contributed by atoms with Gasteiger partial charge in [0.1, 0.15) is 11.3 Å². The van der Waals surface area contributed by atoms with Gasteiger partial charge in [-0.05, 0) is 42.5 Å². The first-order valence-corrected chi connectivity index (χ1v) is 10.3. The van der Waals surface area contributed by atoms with Gasteiger partial charge in [0.15, 0.2) is 15.4 Å². The fourth-order valence-corrected chi connectivity index (χ4v) is 3.70. The zero-order chi connectivity index (χ0) is 18.7. The number of nitrogens with zero attached hydrogens (tertiary/aromatic N) is 1. The van der Waals surface area contributed by atoms with E-state index in [0.717, 1.165) is 11.8 Å². The second-order valence-corrected chi connectivity index (χ2v) is 8.56. The molecule has 3 aromatic rings. The highest BCUT2D eigenvalue weighted by molar-refractivity contribution is 7.99. The number of benzene rings is 2. The van der Waals surface area contributed by atoms with E-state index >= 15 is 0 Å². The summed E-state index contributed by atoms with van der Waals surface area (Å²) in [5.41, 5.74) is 1.35. The monoisotopic (exact) mass is 394 g/mol. The van der Waals surface area contributed by atoms with Crippen molar-refractivity contribution < 1.29 is 22.0 Å². The second-order valence-electron chi connectivity index (χ2n) is 5.36. The quantitative estimate of drug-likeness (QED) is 0.644. The zero-order valence-electron chi connectivity index (χ0n) is 13.7. The maximum absolute atomic E-state index is 12.8. The van der Waals surface area contributed by atoms with Gasteiger partial charge in [-0.2, -0.15) is 0 Å². The van der Waals surface area contributed by atoms with E-state index in [1.807, 2.05) is 0 Å². The van der Waals surface area contributed by atoms with Crippen molar-refractivity contribution >= 4 is 44.3 Å². The van der Waals surface area contributed by atoms with E-state index in [1.165, 1.54) is 36.4 Å². The molecule has 1 aromatic heterocycles. The number of oxazole rings is 1. The Bertz CT molecular complexity index is 1050. The molecular formula is C17H15FN2O4S2. The lowest BCUT2D eigenvalue weighted by atomic mass is 10.3. The van der Waals surface area contributed by atoms with E-state index < -0.39 is 9.84 Å². The molecule has 0 aliphatic carbocycles. The number of carbonyl (C=O) groups excluding carboxylic acids is 1. The lowest BCUT2D eigenvalue weighted by Gasteiger charge is -2.03. The first-order valence-electron chi connectivity index (χ1n) is 7.69. The number of sulfone groups is 1. The highest BCUT2D eigenvalue weighted by Gasteiger charge is 2.15. The van der Waals surface area contributed by atoms with Gasteiger partial charge >= 0.3 is 0 Å². The molecular weight excluding hydrogens is 379 g/mol. The van der Waals surface area contributed by atoms with Gasteiger partial charge in [0.2, 0.25) is 5.91 Å². The van der Waals surface area contributed by atoms with Gasteiger partial charge in [-0.1, -0.05) is 18.7 Å². The fourth-order valence-electron chi connectivity index (χ4n) is 2.17. The van der Waals surface area contributed by atoms with Crippen molar-refractivity contribution in [1.29, 1.82) is 0 Å². The molecule has 0 saturated heterocycles. The molecule has 0 spiro atoms. The lowest BCUT2D eigenvalue weighted by Crippen LogP contribution is -2.13. The van der Waals surface area contributed by atoms with Crippen LogP contribution in [-0.2, 0) is 14.6 Å². The number of fused-ring (bicyclic) bond motifs is 1. The molecule has 1 heterocycles. The Labute approximate surface area is 153 Å². The summed E-state index contributed by atoms with van der Waals surface area (Å²) >= 11 is 1.08. The summed E-state index contributed by atoms with van der Waals surface area (Å²) in [5.74, 6) is -0.627. The zero-order valence-corrected chi connectivity index (χ0v) is 15.4. The smallest absolute Gasteiger partial charge is 0.257 e. The van der Waals surface area contributed by atoms with Crippen LogP contribution in [-0.4, -0.2) is 30.8 Å². The summed E-state index contributed by atoms with van der Waals surface area (Å²) < 4.78 is 42.2. The van der Waals surface area contributed by atoms with Gasteiger partial charge in [0, 0.05) is 5.69 Å². The van der Waals surface area contributed by atoms with Crippen molar-refractivity contribution in [3.05, 3.63) is 48.3 Å². The maximum Gasteiger partial charge on any atom is 0.257 e. The van der Waals surface area contributed by atoms with Crippen LogP contribution in [0.25, 0.3) is 11.1 Å². The van der Waals surface area contributed by atoms with Crippen LogP contribution in [0.3, 0.4) is 0 Å². The van der Waals surface area contributed by atoms with Crippen LogP contribution in [0.5, 0.6) is 0 Å². The number of halogens is 1. The van der Waals surface area contributed by atoms with Crippen molar-refractivity contribution in [1.82, 2.24) is 4.98 Å². The summed E-state index contributed by atoms with van der Waals surface area (Å²) in [6, 6.07) is 9.92. The number of thioether (sulfide) groups is 1. The fraction of sp³-hybridized carbons (Fsp3) is 0.176. The molecule has 0 fully saturated rings. The molecule has 1 N–H and O–H groups in total. The van der Waals surface area contributed by atoms with Crippen molar-refractivity contribution in [2.75, 3.05) is 16.8 Å². The highest BCUT2D eigenvalue weighted by atomic mass is 32.2. The average Bonchev–Trinajstić information content (AvgIpc) is 3.04. The standard InChI is InChI=1S/C17H15FN2O4S2/c1-2-26(22,23)13-7-8-15-14(9-13)20-17(24-15)25-10-16(21)19-12-5-3-11(18)4-6-12/h3-9H,2,10H2,1H3,(H,19,21). The van der Waals surface area contributed by atoms with Crippen molar-refractivity contribution in [2.45, 2.75) is 17.0 Å². The van der Waals surface area contributed by atoms with E-state index in [9.17, 15) is 17.6 Å². The van der Waals surface area contributed by atoms with Gasteiger partial charge < -0.3 is 9.73 Å². The topological polar surface area (TPSA) is 89.3 Å². The third-order valence-corrected chi connectivity index (χ3v) is 6.09. The minimum Gasteiger partial charge on any atom is -0.431 e. The number of hydrogen-bond donors (Lipinski definition) is 1. The van der Waals surface area contributed by atoms with Gasteiger partial charge in [0.05, 0.1) is 16.4 Å². The SMILES string of the molecule is CCS(=O)(=O)c1ccc2oc(SCC(=O)Nc3ccc(F)cc3)nc2c1. The van der Waals surface area contributed by atoms with Crippen LogP contribution >= 0.6 is 11.8 Å². The number of aromatic nitrogens is 1. The molecule has 0 radical (unpaired) electrons. The third-order valence-electron chi connectivity index (χ3n) is 3.53. The molecule has 2 aromatic carbocycles. The minimum absolute atomic E-state index is 0.00151. The largest absolute Gasteiger partial charge is 0.431 e. The summed E-state index contributed by atoms with van der Waals surface area (Å²) in [5, 5.41) is 2.90. The maximum atomic E-state index is 12.8. The molecule has 0 aliphatic rings. The molecule has 0 bridgehead atoms. The first-order chi connectivity index (χ1) is 12.4. The molecule has 1 amide bonds. The predicted octanol–water partition coefficient (Wildman–Crippen LogP) is 3.49. The van der Waals surface area contributed by atoms with Crippen LogP contribution in [0.2, 0.25) is 0 Å². The van der Waals surface area contributed by atoms with E-state index in [-0.39, 0.29) is 33.3 Å². The number of nitrogens with one attached hydrogen (secondary N) is 1. The summed E-state index contributed by atoms with van der Waals surface area (Å²) in [4.78, 5) is 16.3. The molecule has 3 rings (SSSR count). The number of rotatable bonds is 6. The number of carbonyl (C=O) groups is 1. The molecule has 0 atom stereocenters. The molecule has 0 aliphatic heterocycles. The Morgan fingerprint density at radius 2 is 1.96 bits per heavy atom. The Morgan fingerprint density at radius 1 is 1.23 bits per heavy atom. The summed E-state index contributed by atoms with van der Waals surface area (Å²) in [7, 11) is -3.32. The number of amides is 1. The average molecular weight is 394 g/mol. The van der Waals surface area contributed by atoms with E-state index in [2.05, 4.69) is 10.3 Å². The molecule has 6 nitrogen and oxygen atoms in total. The minimum atomic E-state index is -3.32. The molecule has 9 heteroatoms. The summed E-state index contributed by atoms with van der Waals surface area (Å²) in [6.45, 7) is 1.57. The predicted molar refractivity (Wildman–Crippen MR) is 97.5 cm³/mol.